The maximum absolute atomic E-state index is 12.0. The number of aryl methyl sites for hydroxylation is 1. The van der Waals surface area contributed by atoms with Crippen molar-refractivity contribution in [2.24, 2.45) is 5.41 Å². The van der Waals surface area contributed by atoms with Gasteiger partial charge >= 0.3 is 5.97 Å². The Kier molecular flexibility index (Phi) is 5.41. The van der Waals surface area contributed by atoms with E-state index in [0.717, 1.165) is 18.4 Å². The van der Waals surface area contributed by atoms with Gasteiger partial charge in [-0.15, -0.1) is 0 Å². The van der Waals surface area contributed by atoms with Gasteiger partial charge in [0, 0.05) is 12.2 Å². The second kappa shape index (κ2) is 7.03. The monoisotopic (exact) mass is 368 g/mol. The van der Waals surface area contributed by atoms with Crippen molar-refractivity contribution >= 4 is 33.3 Å². The Morgan fingerprint density at radius 3 is 2.56 bits per heavy atom. The van der Waals surface area contributed by atoms with Gasteiger partial charge in [0.1, 0.15) is 0 Å². The van der Waals surface area contributed by atoms with E-state index in [1.54, 1.807) is 32.9 Å². The van der Waals surface area contributed by atoms with Gasteiger partial charge in [0.2, 0.25) is 10.0 Å². The minimum absolute atomic E-state index is 0.386. The highest BCUT2D eigenvalue weighted by atomic mass is 32.2. The van der Waals surface area contributed by atoms with Crippen LogP contribution < -0.4 is 9.62 Å². The van der Waals surface area contributed by atoms with E-state index in [9.17, 15) is 18.0 Å². The molecule has 0 radical (unpaired) electrons. The van der Waals surface area contributed by atoms with E-state index in [1.165, 1.54) is 10.6 Å². The third-order valence-electron chi connectivity index (χ3n) is 3.79. The number of nitrogens with zero attached hydrogens (tertiary/aromatic N) is 1. The van der Waals surface area contributed by atoms with E-state index in [2.05, 4.69) is 5.32 Å². The van der Waals surface area contributed by atoms with Crippen LogP contribution in [0.2, 0.25) is 0 Å². The molecule has 1 N–H and O–H groups in total. The number of ether oxygens (including phenoxy) is 1. The number of fused-ring (bicyclic) bond motifs is 1. The Labute approximate surface area is 148 Å². The van der Waals surface area contributed by atoms with E-state index in [-0.39, 0.29) is 6.61 Å². The molecule has 0 saturated heterocycles. The summed E-state index contributed by atoms with van der Waals surface area (Å²) in [4.78, 5) is 23.7. The van der Waals surface area contributed by atoms with E-state index in [4.69, 9.17) is 4.74 Å². The number of esters is 1. The number of amides is 1. The summed E-state index contributed by atoms with van der Waals surface area (Å²) >= 11 is 0. The second-order valence-corrected chi connectivity index (χ2v) is 9.06. The molecule has 0 saturated carbocycles. The summed E-state index contributed by atoms with van der Waals surface area (Å²) in [7, 11) is -3.37. The van der Waals surface area contributed by atoms with Gasteiger partial charge in [0.05, 0.1) is 17.4 Å². The molecule has 8 heteroatoms. The van der Waals surface area contributed by atoms with Crippen LogP contribution in [0.5, 0.6) is 0 Å². The van der Waals surface area contributed by atoms with Gasteiger partial charge < -0.3 is 10.1 Å². The fourth-order valence-corrected chi connectivity index (χ4v) is 3.50. The number of benzene rings is 1. The largest absolute Gasteiger partial charge is 0.455 e. The van der Waals surface area contributed by atoms with Crippen molar-refractivity contribution in [2.75, 3.05) is 29.0 Å². The van der Waals surface area contributed by atoms with Gasteiger partial charge in [-0.1, -0.05) is 6.07 Å². The molecule has 1 aliphatic heterocycles. The Morgan fingerprint density at radius 1 is 1.28 bits per heavy atom. The third kappa shape index (κ3) is 4.94. The van der Waals surface area contributed by atoms with Crippen LogP contribution in [-0.4, -0.2) is 39.7 Å². The predicted octanol–water partition coefficient (Wildman–Crippen LogP) is 1.93. The van der Waals surface area contributed by atoms with Gasteiger partial charge in [-0.25, -0.2) is 8.42 Å². The Hall–Kier alpha value is -2.09. The summed E-state index contributed by atoms with van der Waals surface area (Å²) < 4.78 is 30.2. The zero-order valence-electron chi connectivity index (χ0n) is 15.0. The average molecular weight is 368 g/mol. The fourth-order valence-electron chi connectivity index (χ4n) is 2.51. The van der Waals surface area contributed by atoms with Crippen LogP contribution in [0.3, 0.4) is 0 Å². The van der Waals surface area contributed by atoms with Crippen molar-refractivity contribution in [2.45, 2.75) is 33.6 Å². The zero-order chi connectivity index (χ0) is 18.8. The molecule has 1 aromatic rings. The molecular formula is C17H24N2O5S. The molecule has 25 heavy (non-hydrogen) atoms. The Morgan fingerprint density at radius 2 is 1.96 bits per heavy atom. The maximum Gasteiger partial charge on any atom is 0.311 e. The molecule has 1 aromatic carbocycles. The summed E-state index contributed by atoms with van der Waals surface area (Å²) in [6, 6.07) is 5.16. The molecule has 1 heterocycles. The highest BCUT2D eigenvalue weighted by Gasteiger charge is 2.25. The Balaban J connectivity index is 2.09. The lowest BCUT2D eigenvalue weighted by Gasteiger charge is -2.29. The molecule has 1 amide bonds. The smallest absolute Gasteiger partial charge is 0.311 e. The van der Waals surface area contributed by atoms with Crippen molar-refractivity contribution < 1.29 is 22.7 Å². The van der Waals surface area contributed by atoms with Gasteiger partial charge in [0.15, 0.2) is 6.61 Å². The van der Waals surface area contributed by atoms with E-state index < -0.39 is 27.3 Å². The number of sulfonamides is 1. The lowest BCUT2D eigenvalue weighted by atomic mass is 9.97. The van der Waals surface area contributed by atoms with Crippen molar-refractivity contribution in [1.29, 1.82) is 0 Å². The SMILES string of the molecule is CC(C)(C)C(=O)OCC(=O)Nc1ccc2c(c1)N(S(C)(=O)=O)CCC2. The topological polar surface area (TPSA) is 92.8 Å². The highest BCUT2D eigenvalue weighted by Crippen LogP contribution is 2.31. The van der Waals surface area contributed by atoms with Crippen LogP contribution >= 0.6 is 0 Å². The first-order valence-corrected chi connectivity index (χ1v) is 9.91. The molecular weight excluding hydrogens is 344 g/mol. The molecule has 7 nitrogen and oxygen atoms in total. The van der Waals surface area contributed by atoms with Crippen molar-refractivity contribution in [3.63, 3.8) is 0 Å². The highest BCUT2D eigenvalue weighted by molar-refractivity contribution is 7.92. The zero-order valence-corrected chi connectivity index (χ0v) is 15.8. The molecule has 0 aromatic heterocycles. The lowest BCUT2D eigenvalue weighted by Crippen LogP contribution is -2.34. The number of anilines is 2. The fraction of sp³-hybridized carbons (Fsp3) is 0.529. The number of rotatable bonds is 4. The predicted molar refractivity (Wildman–Crippen MR) is 96.0 cm³/mol. The van der Waals surface area contributed by atoms with Crippen molar-refractivity contribution in [1.82, 2.24) is 0 Å². The molecule has 0 spiro atoms. The van der Waals surface area contributed by atoms with Crippen molar-refractivity contribution in [3.8, 4) is 0 Å². The molecule has 138 valence electrons. The number of carbonyl (C=O) groups excluding carboxylic acids is 2. The Bertz CT molecular complexity index is 781. The molecule has 0 unspecified atom stereocenters. The first-order chi connectivity index (χ1) is 11.5. The van der Waals surface area contributed by atoms with Gasteiger partial charge in [0.25, 0.3) is 5.91 Å². The molecule has 0 aliphatic carbocycles. The summed E-state index contributed by atoms with van der Waals surface area (Å²) in [5.74, 6) is -0.935. The van der Waals surface area contributed by atoms with Crippen LogP contribution in [0.4, 0.5) is 11.4 Å². The second-order valence-electron chi connectivity index (χ2n) is 7.16. The number of hydrogen-bond donors (Lipinski definition) is 1. The number of nitrogens with one attached hydrogen (secondary N) is 1. The van der Waals surface area contributed by atoms with Crippen LogP contribution in [0, 0.1) is 5.41 Å². The first kappa shape index (κ1) is 19.2. The maximum atomic E-state index is 12.0. The van der Waals surface area contributed by atoms with E-state index in [1.807, 2.05) is 6.07 Å². The van der Waals surface area contributed by atoms with Gasteiger partial charge in [-0.05, 0) is 51.3 Å². The summed E-state index contributed by atoms with van der Waals surface area (Å²) in [6.45, 7) is 5.15. The summed E-state index contributed by atoms with van der Waals surface area (Å²) in [6.07, 6.45) is 2.71. The minimum Gasteiger partial charge on any atom is -0.455 e. The molecule has 1 aliphatic rings. The number of hydrogen-bond acceptors (Lipinski definition) is 5. The van der Waals surface area contributed by atoms with Crippen molar-refractivity contribution in [3.05, 3.63) is 23.8 Å². The standard InChI is InChI=1S/C17H24N2O5S/c1-17(2,3)16(21)24-11-15(20)18-13-8-7-12-6-5-9-19(14(12)10-13)25(4,22)23/h7-8,10H,5-6,9,11H2,1-4H3,(H,18,20). The number of carbonyl (C=O) groups is 2. The van der Waals surface area contributed by atoms with E-state index >= 15 is 0 Å². The summed E-state index contributed by atoms with van der Waals surface area (Å²) in [5, 5.41) is 2.63. The van der Waals surface area contributed by atoms with Crippen LogP contribution in [0.15, 0.2) is 18.2 Å². The molecule has 2 rings (SSSR count). The van der Waals surface area contributed by atoms with Gasteiger partial charge in [-0.3, -0.25) is 13.9 Å². The molecule has 0 fully saturated rings. The quantitative estimate of drug-likeness (QED) is 0.820. The first-order valence-electron chi connectivity index (χ1n) is 8.06. The summed E-state index contributed by atoms with van der Waals surface area (Å²) in [5.41, 5.74) is 1.29. The van der Waals surface area contributed by atoms with E-state index in [0.29, 0.717) is 17.9 Å². The lowest BCUT2D eigenvalue weighted by molar-refractivity contribution is -0.155. The molecule has 0 bridgehead atoms. The van der Waals surface area contributed by atoms with Crippen LogP contribution in [0.1, 0.15) is 32.8 Å². The molecule has 0 atom stereocenters. The normalized spacial score (nSPS) is 14.6. The van der Waals surface area contributed by atoms with Crippen LogP contribution in [-0.2, 0) is 30.8 Å². The third-order valence-corrected chi connectivity index (χ3v) is 4.97. The van der Waals surface area contributed by atoms with Gasteiger partial charge in [-0.2, -0.15) is 0 Å². The van der Waals surface area contributed by atoms with Crippen LogP contribution in [0.25, 0.3) is 0 Å². The average Bonchev–Trinajstić information content (AvgIpc) is 2.50. The minimum atomic E-state index is -3.37.